The lowest BCUT2D eigenvalue weighted by atomic mass is 9.64. The fraction of sp³-hybridized carbons (Fsp3) is 0.158. The summed E-state index contributed by atoms with van der Waals surface area (Å²) in [6.45, 7) is 17.5. The molecule has 4 heteroatoms. The van der Waals surface area contributed by atoms with Crippen LogP contribution in [-0.2, 0) is 5.41 Å². The lowest BCUT2D eigenvalue weighted by Crippen LogP contribution is -2.31. The fourth-order valence-electron chi connectivity index (χ4n) is 10.7. The molecule has 0 saturated heterocycles. The fourth-order valence-corrected chi connectivity index (χ4v) is 10.7. The maximum Gasteiger partial charge on any atom is 0.0972 e. The zero-order valence-electron chi connectivity index (χ0n) is 36.0. The Morgan fingerprint density at radius 1 is 0.311 bits per heavy atom. The van der Waals surface area contributed by atoms with Gasteiger partial charge in [0.25, 0.3) is 0 Å². The number of hydrogen-bond acceptors (Lipinski definition) is 4. The summed E-state index contributed by atoms with van der Waals surface area (Å²) >= 11 is 0. The van der Waals surface area contributed by atoms with Crippen LogP contribution in [0.5, 0.6) is 0 Å². The number of nitrogens with zero attached hydrogens (tertiary/aromatic N) is 4. The van der Waals surface area contributed by atoms with Crippen LogP contribution in [0.25, 0.3) is 77.3 Å². The van der Waals surface area contributed by atoms with E-state index in [1.807, 2.05) is 0 Å². The molecule has 0 aliphatic heterocycles. The summed E-state index contributed by atoms with van der Waals surface area (Å²) in [5, 5.41) is 4.49. The molecule has 0 radical (unpaired) electrons. The molecule has 0 unspecified atom stereocenters. The van der Waals surface area contributed by atoms with E-state index in [0.717, 1.165) is 77.5 Å². The van der Waals surface area contributed by atoms with Crippen molar-refractivity contribution in [3.05, 3.63) is 200 Å². The average Bonchev–Trinajstić information content (AvgIpc) is 3.55. The molecule has 4 aromatic heterocycles. The molecule has 0 atom stereocenters. The van der Waals surface area contributed by atoms with Gasteiger partial charge in [-0.3, -0.25) is 9.97 Å². The van der Waals surface area contributed by atoms with Crippen molar-refractivity contribution in [3.8, 4) is 33.6 Å². The molecule has 1 aliphatic rings. The third kappa shape index (κ3) is 5.44. The van der Waals surface area contributed by atoms with E-state index in [1.165, 1.54) is 66.8 Å². The van der Waals surface area contributed by atoms with Crippen molar-refractivity contribution < 1.29 is 0 Å². The highest BCUT2D eigenvalue weighted by Crippen LogP contribution is 2.58. The number of rotatable bonds is 4. The van der Waals surface area contributed by atoms with Crippen molar-refractivity contribution in [2.75, 3.05) is 0 Å². The van der Waals surface area contributed by atoms with Crippen LogP contribution in [0.15, 0.2) is 133 Å². The van der Waals surface area contributed by atoms with Crippen LogP contribution in [0.1, 0.15) is 67.0 Å². The van der Waals surface area contributed by atoms with Gasteiger partial charge in [-0.1, -0.05) is 97.1 Å². The Morgan fingerprint density at radius 3 is 1.16 bits per heavy atom. The minimum Gasteiger partial charge on any atom is -0.251 e. The van der Waals surface area contributed by atoms with E-state index in [2.05, 4.69) is 189 Å². The van der Waals surface area contributed by atoms with E-state index < -0.39 is 5.41 Å². The number of fused-ring (bicyclic) bond motifs is 9. The minimum absolute atomic E-state index is 0.564. The quantitative estimate of drug-likeness (QED) is 0.167. The van der Waals surface area contributed by atoms with Gasteiger partial charge in [0.05, 0.1) is 38.9 Å². The number of benzene rings is 6. The highest BCUT2D eigenvalue weighted by Gasteiger charge is 2.47. The third-order valence-corrected chi connectivity index (χ3v) is 13.4. The number of aryl methyl sites for hydroxylation is 8. The molecule has 6 aromatic carbocycles. The Hall–Kier alpha value is -7.04. The molecule has 0 spiro atoms. The summed E-state index contributed by atoms with van der Waals surface area (Å²) in [7, 11) is 0. The second kappa shape index (κ2) is 13.5. The third-order valence-electron chi connectivity index (χ3n) is 13.4. The number of pyridine rings is 4. The monoisotopic (exact) mass is 786 g/mol. The van der Waals surface area contributed by atoms with Crippen molar-refractivity contribution in [3.63, 3.8) is 0 Å². The molecular formula is C57H46N4. The standard InChI is InChI=1S/C57H46N4/c1-31-25-37(7)58-55-41(31)21-17-39-19-23-51(60-53(39)55)45-27-35(5)49(29-33(45)3)57(47-15-11-9-13-43(47)44-14-10-12-16-48(44)57)50-30-34(4)46(28-36(50)6)52-24-20-40-18-22-42-32(2)26-38(8)59-56(42)54(40)61-52/h9-30H,1-8H3. The topological polar surface area (TPSA) is 51.6 Å². The Kier molecular flexibility index (Phi) is 8.18. The molecule has 0 amide bonds. The van der Waals surface area contributed by atoms with Gasteiger partial charge in [-0.25, -0.2) is 9.97 Å². The van der Waals surface area contributed by atoms with E-state index in [-0.39, 0.29) is 0 Å². The van der Waals surface area contributed by atoms with Crippen molar-refractivity contribution >= 4 is 43.6 Å². The Bertz CT molecular complexity index is 3290. The van der Waals surface area contributed by atoms with E-state index in [0.29, 0.717) is 0 Å². The van der Waals surface area contributed by atoms with E-state index >= 15 is 0 Å². The van der Waals surface area contributed by atoms with Crippen molar-refractivity contribution in [2.24, 2.45) is 0 Å². The van der Waals surface area contributed by atoms with Gasteiger partial charge in [0.15, 0.2) is 0 Å². The number of aromatic nitrogens is 4. The Morgan fingerprint density at radius 2 is 0.721 bits per heavy atom. The van der Waals surface area contributed by atoms with Gasteiger partial charge in [-0.15, -0.1) is 0 Å². The van der Waals surface area contributed by atoms with Crippen LogP contribution in [-0.4, -0.2) is 19.9 Å². The van der Waals surface area contributed by atoms with Crippen LogP contribution >= 0.6 is 0 Å². The molecule has 0 fully saturated rings. The van der Waals surface area contributed by atoms with E-state index in [9.17, 15) is 0 Å². The first-order valence-corrected chi connectivity index (χ1v) is 21.3. The van der Waals surface area contributed by atoms with Gasteiger partial charge in [-0.2, -0.15) is 0 Å². The van der Waals surface area contributed by atoms with Crippen molar-refractivity contribution in [1.29, 1.82) is 0 Å². The van der Waals surface area contributed by atoms with Crippen molar-refractivity contribution in [1.82, 2.24) is 19.9 Å². The van der Waals surface area contributed by atoms with Crippen LogP contribution in [0, 0.1) is 55.4 Å². The summed E-state index contributed by atoms with van der Waals surface area (Å²) in [6.07, 6.45) is 0. The first-order chi connectivity index (χ1) is 29.5. The highest BCUT2D eigenvalue weighted by molar-refractivity contribution is 6.06. The molecule has 1 aliphatic carbocycles. The summed E-state index contributed by atoms with van der Waals surface area (Å²) in [4.78, 5) is 20.7. The zero-order chi connectivity index (χ0) is 41.9. The zero-order valence-corrected chi connectivity index (χ0v) is 36.0. The normalized spacial score (nSPS) is 13.0. The molecule has 0 N–H and O–H groups in total. The number of hydrogen-bond donors (Lipinski definition) is 0. The smallest absolute Gasteiger partial charge is 0.0972 e. The average molecular weight is 787 g/mol. The Balaban J connectivity index is 1.13. The second-order valence-electron chi connectivity index (χ2n) is 17.4. The lowest BCUT2D eigenvalue weighted by molar-refractivity contribution is 0.752. The summed E-state index contributed by atoms with van der Waals surface area (Å²) < 4.78 is 0. The molecule has 4 heterocycles. The predicted molar refractivity (Wildman–Crippen MR) is 254 cm³/mol. The molecule has 294 valence electrons. The minimum atomic E-state index is -0.564. The highest BCUT2D eigenvalue weighted by atomic mass is 14.8. The van der Waals surface area contributed by atoms with Crippen LogP contribution < -0.4 is 0 Å². The summed E-state index contributed by atoms with van der Waals surface area (Å²) in [5.41, 5.74) is 24.5. The molecule has 10 aromatic rings. The lowest BCUT2D eigenvalue weighted by Gasteiger charge is -2.37. The largest absolute Gasteiger partial charge is 0.251 e. The molecule has 0 bridgehead atoms. The molecule has 61 heavy (non-hydrogen) atoms. The second-order valence-corrected chi connectivity index (χ2v) is 17.4. The van der Waals surface area contributed by atoms with Gasteiger partial charge >= 0.3 is 0 Å². The molecule has 0 saturated carbocycles. The van der Waals surface area contributed by atoms with Crippen LogP contribution in [0.3, 0.4) is 0 Å². The SMILES string of the molecule is Cc1cc(C)c2ccc3ccc(-c4cc(C)c(C5(c6cc(C)c(-c7ccc8ccc9c(C)cc(C)nc9c8n7)cc6C)c6ccccc6-c6ccccc65)cc4C)nc3c2n1. The van der Waals surface area contributed by atoms with Crippen LogP contribution in [0.4, 0.5) is 0 Å². The molecule has 4 nitrogen and oxygen atoms in total. The van der Waals surface area contributed by atoms with E-state index in [4.69, 9.17) is 19.9 Å². The van der Waals surface area contributed by atoms with Crippen molar-refractivity contribution in [2.45, 2.75) is 60.8 Å². The van der Waals surface area contributed by atoms with Crippen LogP contribution in [0.2, 0.25) is 0 Å². The predicted octanol–water partition coefficient (Wildman–Crippen LogP) is 14.0. The van der Waals surface area contributed by atoms with Gasteiger partial charge < -0.3 is 0 Å². The molecule has 11 rings (SSSR count). The van der Waals surface area contributed by atoms with Gasteiger partial charge in [0, 0.05) is 44.1 Å². The van der Waals surface area contributed by atoms with Gasteiger partial charge in [-0.05, 0) is 159 Å². The van der Waals surface area contributed by atoms with Gasteiger partial charge in [0.1, 0.15) is 0 Å². The van der Waals surface area contributed by atoms with Gasteiger partial charge in [0.2, 0.25) is 0 Å². The Labute approximate surface area is 357 Å². The maximum atomic E-state index is 5.37. The molecular weight excluding hydrogens is 741 g/mol. The summed E-state index contributed by atoms with van der Waals surface area (Å²) in [6, 6.07) is 49.4. The summed E-state index contributed by atoms with van der Waals surface area (Å²) in [5.74, 6) is 0. The van der Waals surface area contributed by atoms with E-state index in [1.54, 1.807) is 0 Å². The first-order valence-electron chi connectivity index (χ1n) is 21.3. The maximum absolute atomic E-state index is 5.37. The first kappa shape index (κ1) is 37.0.